The molecule has 60 valence electrons. The standard InChI is InChI=1S/C8H12N2O/c1-3-4-11-8-9-5-7(2)6-10-8/h5-6H,3-4H2,1-2H3. The minimum Gasteiger partial charge on any atom is -0.463 e. The highest BCUT2D eigenvalue weighted by molar-refractivity contribution is 5.04. The summed E-state index contributed by atoms with van der Waals surface area (Å²) in [7, 11) is 0. The van der Waals surface area contributed by atoms with Crippen LogP contribution in [0.5, 0.6) is 6.01 Å². The van der Waals surface area contributed by atoms with E-state index in [4.69, 9.17) is 4.74 Å². The zero-order valence-electron chi connectivity index (χ0n) is 6.87. The molecule has 1 rings (SSSR count). The summed E-state index contributed by atoms with van der Waals surface area (Å²) in [6.45, 7) is 4.68. The minimum atomic E-state index is 0.470. The molecule has 1 aromatic rings. The number of nitrogens with zero attached hydrogens (tertiary/aromatic N) is 2. The van der Waals surface area contributed by atoms with Gasteiger partial charge in [0.2, 0.25) is 0 Å². The van der Waals surface area contributed by atoms with Gasteiger partial charge in [-0.1, -0.05) is 6.92 Å². The van der Waals surface area contributed by atoms with Crippen molar-refractivity contribution in [1.29, 1.82) is 0 Å². The normalized spacial score (nSPS) is 9.64. The quantitative estimate of drug-likeness (QED) is 0.659. The molecule has 1 aromatic heterocycles. The summed E-state index contributed by atoms with van der Waals surface area (Å²) in [5.41, 5.74) is 1.05. The summed E-state index contributed by atoms with van der Waals surface area (Å²) in [5.74, 6) is 0. The lowest BCUT2D eigenvalue weighted by Crippen LogP contribution is -1.99. The first-order valence-corrected chi connectivity index (χ1v) is 3.74. The van der Waals surface area contributed by atoms with E-state index in [0.717, 1.165) is 12.0 Å². The van der Waals surface area contributed by atoms with Gasteiger partial charge in [-0.25, -0.2) is 9.97 Å². The lowest BCUT2D eigenvalue weighted by Gasteiger charge is -2.00. The zero-order valence-corrected chi connectivity index (χ0v) is 6.87. The van der Waals surface area contributed by atoms with Gasteiger partial charge in [-0.15, -0.1) is 0 Å². The van der Waals surface area contributed by atoms with Gasteiger partial charge in [0, 0.05) is 12.4 Å². The molecule has 0 aliphatic heterocycles. The first kappa shape index (κ1) is 7.98. The topological polar surface area (TPSA) is 35.0 Å². The first-order chi connectivity index (χ1) is 5.33. The smallest absolute Gasteiger partial charge is 0.316 e. The fourth-order valence-corrected chi connectivity index (χ4v) is 0.649. The first-order valence-electron chi connectivity index (χ1n) is 3.74. The second-order valence-electron chi connectivity index (χ2n) is 2.39. The molecule has 0 fully saturated rings. The number of rotatable bonds is 3. The van der Waals surface area contributed by atoms with E-state index in [1.165, 1.54) is 0 Å². The van der Waals surface area contributed by atoms with Gasteiger partial charge >= 0.3 is 6.01 Å². The Morgan fingerprint density at radius 1 is 1.36 bits per heavy atom. The van der Waals surface area contributed by atoms with E-state index in [1.54, 1.807) is 12.4 Å². The molecule has 0 spiro atoms. The molecule has 0 radical (unpaired) electrons. The van der Waals surface area contributed by atoms with Gasteiger partial charge in [0.25, 0.3) is 0 Å². The van der Waals surface area contributed by atoms with Gasteiger partial charge in [0.1, 0.15) is 0 Å². The van der Waals surface area contributed by atoms with E-state index >= 15 is 0 Å². The SMILES string of the molecule is CCCOc1ncc(C)cn1. The molecular weight excluding hydrogens is 140 g/mol. The fourth-order valence-electron chi connectivity index (χ4n) is 0.649. The van der Waals surface area contributed by atoms with Crippen molar-refractivity contribution in [2.75, 3.05) is 6.61 Å². The van der Waals surface area contributed by atoms with Crippen LogP contribution in [0.3, 0.4) is 0 Å². The van der Waals surface area contributed by atoms with Crippen LogP contribution in [0.25, 0.3) is 0 Å². The number of hydrogen-bond donors (Lipinski definition) is 0. The summed E-state index contributed by atoms with van der Waals surface area (Å²) >= 11 is 0. The largest absolute Gasteiger partial charge is 0.463 e. The van der Waals surface area contributed by atoms with Crippen molar-refractivity contribution in [2.45, 2.75) is 20.3 Å². The van der Waals surface area contributed by atoms with Crippen molar-refractivity contribution >= 4 is 0 Å². The van der Waals surface area contributed by atoms with Gasteiger partial charge in [-0.3, -0.25) is 0 Å². The highest BCUT2D eigenvalue weighted by Gasteiger charge is 1.93. The van der Waals surface area contributed by atoms with E-state index in [-0.39, 0.29) is 0 Å². The van der Waals surface area contributed by atoms with Crippen molar-refractivity contribution in [1.82, 2.24) is 9.97 Å². The predicted molar refractivity (Wildman–Crippen MR) is 42.6 cm³/mol. The maximum Gasteiger partial charge on any atom is 0.316 e. The molecule has 11 heavy (non-hydrogen) atoms. The molecular formula is C8H12N2O. The van der Waals surface area contributed by atoms with Crippen LogP contribution in [-0.4, -0.2) is 16.6 Å². The van der Waals surface area contributed by atoms with Crippen molar-refractivity contribution < 1.29 is 4.74 Å². The predicted octanol–water partition coefficient (Wildman–Crippen LogP) is 1.57. The maximum absolute atomic E-state index is 5.19. The van der Waals surface area contributed by atoms with Gasteiger partial charge in [0.15, 0.2) is 0 Å². The molecule has 0 aliphatic carbocycles. The molecule has 3 heteroatoms. The average molecular weight is 152 g/mol. The molecule has 0 atom stereocenters. The van der Waals surface area contributed by atoms with Gasteiger partial charge in [0.05, 0.1) is 6.61 Å². The van der Waals surface area contributed by atoms with Crippen LogP contribution in [0.2, 0.25) is 0 Å². The van der Waals surface area contributed by atoms with Crippen molar-refractivity contribution in [3.8, 4) is 6.01 Å². The molecule has 0 unspecified atom stereocenters. The van der Waals surface area contributed by atoms with E-state index in [9.17, 15) is 0 Å². The van der Waals surface area contributed by atoms with Crippen molar-refractivity contribution in [3.05, 3.63) is 18.0 Å². The Labute approximate surface area is 66.4 Å². The summed E-state index contributed by atoms with van der Waals surface area (Å²) in [4.78, 5) is 7.96. The number of ether oxygens (including phenoxy) is 1. The summed E-state index contributed by atoms with van der Waals surface area (Å²) in [6.07, 6.45) is 4.48. The second-order valence-corrected chi connectivity index (χ2v) is 2.39. The Bertz CT molecular complexity index is 208. The monoisotopic (exact) mass is 152 g/mol. The molecule has 0 N–H and O–H groups in total. The molecule has 3 nitrogen and oxygen atoms in total. The number of aryl methyl sites for hydroxylation is 1. The maximum atomic E-state index is 5.19. The van der Waals surface area contributed by atoms with Crippen LogP contribution >= 0.6 is 0 Å². The molecule has 0 amide bonds. The van der Waals surface area contributed by atoms with Crippen LogP contribution < -0.4 is 4.74 Å². The highest BCUT2D eigenvalue weighted by atomic mass is 16.5. The van der Waals surface area contributed by atoms with E-state index in [0.29, 0.717) is 12.6 Å². The number of hydrogen-bond acceptors (Lipinski definition) is 3. The van der Waals surface area contributed by atoms with E-state index in [2.05, 4.69) is 9.97 Å². The van der Waals surface area contributed by atoms with Crippen LogP contribution in [-0.2, 0) is 0 Å². The molecule has 0 saturated carbocycles. The fraction of sp³-hybridized carbons (Fsp3) is 0.500. The van der Waals surface area contributed by atoms with E-state index in [1.807, 2.05) is 13.8 Å². The van der Waals surface area contributed by atoms with Gasteiger partial charge in [-0.05, 0) is 18.9 Å². The number of aromatic nitrogens is 2. The summed E-state index contributed by atoms with van der Waals surface area (Å²) in [6, 6.07) is 0.470. The highest BCUT2D eigenvalue weighted by Crippen LogP contribution is 2.00. The second kappa shape index (κ2) is 3.91. The zero-order chi connectivity index (χ0) is 8.10. The Morgan fingerprint density at radius 2 is 2.00 bits per heavy atom. The Balaban J connectivity index is 2.52. The minimum absolute atomic E-state index is 0.470. The van der Waals surface area contributed by atoms with Crippen LogP contribution in [0.15, 0.2) is 12.4 Å². The third-order valence-corrected chi connectivity index (χ3v) is 1.19. The van der Waals surface area contributed by atoms with Crippen molar-refractivity contribution in [2.24, 2.45) is 0 Å². The van der Waals surface area contributed by atoms with Crippen LogP contribution in [0, 0.1) is 6.92 Å². The van der Waals surface area contributed by atoms with Crippen molar-refractivity contribution in [3.63, 3.8) is 0 Å². The lowest BCUT2D eigenvalue weighted by molar-refractivity contribution is 0.292. The molecule has 1 heterocycles. The molecule has 0 bridgehead atoms. The van der Waals surface area contributed by atoms with Crippen LogP contribution in [0.4, 0.5) is 0 Å². The third-order valence-electron chi connectivity index (χ3n) is 1.19. The van der Waals surface area contributed by atoms with Crippen LogP contribution in [0.1, 0.15) is 18.9 Å². The molecule has 0 aliphatic rings. The average Bonchev–Trinajstić information content (AvgIpc) is 2.04. The van der Waals surface area contributed by atoms with E-state index < -0.39 is 0 Å². The Kier molecular flexibility index (Phi) is 2.83. The Morgan fingerprint density at radius 3 is 2.55 bits per heavy atom. The summed E-state index contributed by atoms with van der Waals surface area (Å²) < 4.78 is 5.19. The molecule has 0 aromatic carbocycles. The van der Waals surface area contributed by atoms with Gasteiger partial charge in [-0.2, -0.15) is 0 Å². The molecule has 0 saturated heterocycles. The van der Waals surface area contributed by atoms with Gasteiger partial charge < -0.3 is 4.74 Å². The lowest BCUT2D eigenvalue weighted by atomic mass is 10.4. The summed E-state index contributed by atoms with van der Waals surface area (Å²) in [5, 5.41) is 0. The third kappa shape index (κ3) is 2.53. The Hall–Kier alpha value is -1.12.